The van der Waals surface area contributed by atoms with E-state index >= 15 is 0 Å². The van der Waals surface area contributed by atoms with Crippen molar-refractivity contribution in [2.45, 2.75) is 18.1 Å². The molecule has 0 amide bonds. The second-order valence-corrected chi connectivity index (χ2v) is 13.9. The second kappa shape index (κ2) is 10.3. The predicted molar refractivity (Wildman–Crippen MR) is 150 cm³/mol. The highest BCUT2D eigenvalue weighted by atomic mass is 79.9. The molecule has 0 fully saturated rings. The molecule has 0 atom stereocenters. The standard InChI is InChI=1S/C22H14Br2N2S2.CHCl3/c1-11-5-17(23)27-21(11)15-7-13-3-4-14-8-16(22-12(2)6-18(24)28-22)10-26-20(14)19(13)25-9-15;2-1(3)4/h3-10H,1-2H3;1H. The Kier molecular flexibility index (Phi) is 7.82. The Morgan fingerprint density at radius 1 is 0.719 bits per heavy atom. The minimum absolute atomic E-state index is 0.750. The first-order valence-corrected chi connectivity index (χ1v) is 13.9. The van der Waals surface area contributed by atoms with Gasteiger partial charge in [-0.05, 0) is 81.1 Å². The first kappa shape index (κ1) is 24.4. The topological polar surface area (TPSA) is 25.8 Å². The highest BCUT2D eigenvalue weighted by Gasteiger charge is 2.12. The van der Waals surface area contributed by atoms with Crippen molar-refractivity contribution in [2.75, 3.05) is 0 Å². The van der Waals surface area contributed by atoms with Gasteiger partial charge in [0.25, 0.3) is 0 Å². The van der Waals surface area contributed by atoms with Crippen molar-refractivity contribution in [1.82, 2.24) is 9.97 Å². The number of halogens is 5. The molecule has 0 unspecified atom stereocenters. The first-order chi connectivity index (χ1) is 15.2. The number of nitrogens with zero attached hydrogens (tertiary/aromatic N) is 2. The molecule has 0 saturated carbocycles. The van der Waals surface area contributed by atoms with Crippen LogP contribution in [0.15, 0.2) is 56.4 Å². The number of rotatable bonds is 2. The van der Waals surface area contributed by atoms with E-state index in [1.54, 1.807) is 22.7 Å². The van der Waals surface area contributed by atoms with Gasteiger partial charge in [0.2, 0.25) is 0 Å². The van der Waals surface area contributed by atoms with Crippen LogP contribution in [0.5, 0.6) is 0 Å². The van der Waals surface area contributed by atoms with Gasteiger partial charge in [0.15, 0.2) is 4.30 Å². The molecule has 5 rings (SSSR count). The molecule has 0 spiro atoms. The van der Waals surface area contributed by atoms with E-state index in [2.05, 4.69) is 82.1 Å². The number of alkyl halides is 3. The van der Waals surface area contributed by atoms with Crippen LogP contribution >= 0.6 is 89.3 Å². The largest absolute Gasteiger partial charge is 0.253 e. The van der Waals surface area contributed by atoms with Crippen LogP contribution in [0.4, 0.5) is 0 Å². The van der Waals surface area contributed by atoms with Crippen molar-refractivity contribution in [3.8, 4) is 20.9 Å². The monoisotopic (exact) mass is 646 g/mol. The third-order valence-electron chi connectivity index (χ3n) is 4.80. The number of pyridine rings is 2. The number of hydrogen-bond acceptors (Lipinski definition) is 4. The Morgan fingerprint density at radius 2 is 1.09 bits per heavy atom. The van der Waals surface area contributed by atoms with Gasteiger partial charge >= 0.3 is 0 Å². The smallest absolute Gasteiger partial charge is 0.180 e. The molecular weight excluding hydrogens is 635 g/mol. The lowest BCUT2D eigenvalue weighted by atomic mass is 10.1. The molecule has 0 radical (unpaired) electrons. The minimum atomic E-state index is -0.750. The van der Waals surface area contributed by atoms with E-state index in [1.165, 1.54) is 20.9 Å². The lowest BCUT2D eigenvalue weighted by molar-refractivity contribution is 1.37. The van der Waals surface area contributed by atoms with Crippen molar-refractivity contribution >= 4 is 111 Å². The van der Waals surface area contributed by atoms with Gasteiger partial charge in [-0.2, -0.15) is 0 Å². The van der Waals surface area contributed by atoms with E-state index in [-0.39, 0.29) is 0 Å². The fourth-order valence-electron chi connectivity index (χ4n) is 3.50. The van der Waals surface area contributed by atoms with Crippen LogP contribution in [0.1, 0.15) is 11.1 Å². The molecule has 0 bridgehead atoms. The van der Waals surface area contributed by atoms with Crippen LogP contribution in [0.2, 0.25) is 0 Å². The van der Waals surface area contributed by atoms with Gasteiger partial charge in [-0.25, -0.2) is 0 Å². The fourth-order valence-corrected chi connectivity index (χ4v) is 6.92. The number of aryl methyl sites for hydroxylation is 2. The van der Waals surface area contributed by atoms with E-state index in [9.17, 15) is 0 Å². The summed E-state index contributed by atoms with van der Waals surface area (Å²) in [5, 5.41) is 2.23. The summed E-state index contributed by atoms with van der Waals surface area (Å²) < 4.78 is 1.53. The Bertz CT molecular complexity index is 1320. The molecule has 32 heavy (non-hydrogen) atoms. The number of benzene rings is 1. The number of hydrogen-bond donors (Lipinski definition) is 0. The van der Waals surface area contributed by atoms with Crippen molar-refractivity contribution in [1.29, 1.82) is 0 Å². The van der Waals surface area contributed by atoms with E-state index < -0.39 is 4.30 Å². The fraction of sp³-hybridized carbons (Fsp3) is 0.130. The van der Waals surface area contributed by atoms with E-state index in [0.29, 0.717) is 0 Å². The van der Waals surface area contributed by atoms with Crippen molar-refractivity contribution in [2.24, 2.45) is 0 Å². The average molecular weight is 650 g/mol. The zero-order valence-corrected chi connectivity index (χ0v) is 23.9. The SMILES string of the molecule is Cc1cc(Br)sc1-c1cnc2c(ccc3cc(-c4sc(Br)cc4C)cnc32)c1.ClC(Cl)Cl. The van der Waals surface area contributed by atoms with Gasteiger partial charge in [0.1, 0.15) is 0 Å². The second-order valence-electron chi connectivity index (χ2n) is 7.03. The summed E-state index contributed by atoms with van der Waals surface area (Å²) >= 11 is 25.1. The summed E-state index contributed by atoms with van der Waals surface area (Å²) in [5.41, 5.74) is 6.72. The van der Waals surface area contributed by atoms with E-state index in [4.69, 9.17) is 44.8 Å². The highest BCUT2D eigenvalue weighted by molar-refractivity contribution is 9.11. The highest BCUT2D eigenvalue weighted by Crippen LogP contribution is 2.38. The van der Waals surface area contributed by atoms with Gasteiger partial charge in [-0.15, -0.1) is 22.7 Å². The zero-order chi connectivity index (χ0) is 23.0. The number of fused-ring (bicyclic) bond motifs is 3. The van der Waals surface area contributed by atoms with E-state index in [0.717, 1.165) is 40.5 Å². The van der Waals surface area contributed by atoms with Gasteiger partial charge in [-0.3, -0.25) is 9.97 Å². The maximum atomic E-state index is 4.81. The zero-order valence-electron chi connectivity index (χ0n) is 16.8. The molecule has 0 aliphatic rings. The minimum Gasteiger partial charge on any atom is -0.253 e. The lowest BCUT2D eigenvalue weighted by Gasteiger charge is -2.07. The maximum Gasteiger partial charge on any atom is 0.180 e. The van der Waals surface area contributed by atoms with Crippen molar-refractivity contribution < 1.29 is 0 Å². The van der Waals surface area contributed by atoms with E-state index in [1.807, 2.05) is 12.4 Å². The molecule has 1 aromatic carbocycles. The van der Waals surface area contributed by atoms with Crippen LogP contribution in [0.25, 0.3) is 42.7 Å². The van der Waals surface area contributed by atoms with Gasteiger partial charge in [0.05, 0.1) is 18.6 Å². The van der Waals surface area contributed by atoms with Crippen LogP contribution in [-0.4, -0.2) is 14.3 Å². The third kappa shape index (κ3) is 5.33. The lowest BCUT2D eigenvalue weighted by Crippen LogP contribution is -1.88. The molecule has 2 nitrogen and oxygen atoms in total. The van der Waals surface area contributed by atoms with Crippen LogP contribution < -0.4 is 0 Å². The molecule has 0 aliphatic heterocycles. The summed E-state index contributed by atoms with van der Waals surface area (Å²) in [6, 6.07) is 13.0. The summed E-state index contributed by atoms with van der Waals surface area (Å²) in [6.07, 6.45) is 3.92. The average Bonchev–Trinajstić information content (AvgIpc) is 3.26. The summed E-state index contributed by atoms with van der Waals surface area (Å²) in [4.78, 5) is 12.1. The molecular formula is C23H15Br2Cl3N2S2. The Balaban J connectivity index is 0.000000567. The van der Waals surface area contributed by atoms with Gasteiger partial charge in [0, 0.05) is 44.0 Å². The maximum absolute atomic E-state index is 4.81. The summed E-state index contributed by atoms with van der Waals surface area (Å²) in [7, 11) is 0. The van der Waals surface area contributed by atoms with Crippen LogP contribution in [0.3, 0.4) is 0 Å². The van der Waals surface area contributed by atoms with Crippen molar-refractivity contribution in [3.05, 3.63) is 67.5 Å². The molecule has 4 heterocycles. The molecule has 0 N–H and O–H groups in total. The van der Waals surface area contributed by atoms with Crippen LogP contribution in [0, 0.1) is 13.8 Å². The molecule has 0 aliphatic carbocycles. The first-order valence-electron chi connectivity index (χ1n) is 9.36. The Morgan fingerprint density at radius 3 is 1.41 bits per heavy atom. The quantitative estimate of drug-likeness (QED) is 0.141. The van der Waals surface area contributed by atoms with Gasteiger partial charge < -0.3 is 0 Å². The van der Waals surface area contributed by atoms with Crippen LogP contribution in [-0.2, 0) is 0 Å². The predicted octanol–water partition coefficient (Wildman–Crippen LogP) is 10.4. The molecule has 9 heteroatoms. The number of aromatic nitrogens is 2. The molecule has 5 aromatic rings. The Hall–Kier alpha value is -0.730. The van der Waals surface area contributed by atoms with Crippen molar-refractivity contribution in [3.63, 3.8) is 0 Å². The molecule has 164 valence electrons. The Labute approximate surface area is 225 Å². The summed E-state index contributed by atoms with van der Waals surface area (Å²) in [6.45, 7) is 4.27. The third-order valence-corrected chi connectivity index (χ3v) is 8.38. The summed E-state index contributed by atoms with van der Waals surface area (Å²) in [5.74, 6) is 0. The molecule has 0 saturated heterocycles. The normalized spacial score (nSPS) is 11.2. The van der Waals surface area contributed by atoms with Gasteiger partial charge in [-0.1, -0.05) is 46.9 Å². The number of thiophene rings is 2. The molecule has 4 aromatic heterocycles.